The molecule has 1 aliphatic rings. The first-order chi connectivity index (χ1) is 23.0. The van der Waals surface area contributed by atoms with Crippen LogP contribution in [0.1, 0.15) is 137 Å². The van der Waals surface area contributed by atoms with Crippen molar-refractivity contribution in [2.75, 3.05) is 17.7 Å². The van der Waals surface area contributed by atoms with E-state index in [0.717, 1.165) is 69.6 Å². The zero-order valence-corrected chi connectivity index (χ0v) is 38.3. The first-order valence-electron chi connectivity index (χ1n) is 18.0. The van der Waals surface area contributed by atoms with Gasteiger partial charge in [-0.2, -0.15) is 0 Å². The van der Waals surface area contributed by atoms with Crippen LogP contribution in [0.15, 0.2) is 34.3 Å². The number of rotatable bonds is 20. The van der Waals surface area contributed by atoms with Crippen LogP contribution in [0.2, 0.25) is 0 Å². The van der Waals surface area contributed by atoms with Gasteiger partial charge in [0, 0.05) is 23.6 Å². The van der Waals surface area contributed by atoms with E-state index >= 15 is 0 Å². The second kappa shape index (κ2) is 21.7. The standard InChI is InChI=1S/C40H58I4N2O2/c1-29-23-33(39(3,15-7-9-19-41)16-8-10-20-42)25-31(37(29)47)27-45-35-13-5-6-14-36(35)46-28-32-26-34(24-30(2)38(32)48)40(4,17-11-21-43)18-12-22-44/h23-28,35-36,47-48H,5-22H2,1-4H3/t35-,36-/m0/s1. The summed E-state index contributed by atoms with van der Waals surface area (Å²) in [7, 11) is 0. The molecular weight excluding hydrogens is 1050 g/mol. The molecule has 2 atom stereocenters. The Balaban J connectivity index is 1.90. The molecule has 1 aliphatic carbocycles. The van der Waals surface area contributed by atoms with Gasteiger partial charge in [-0.25, -0.2) is 0 Å². The van der Waals surface area contributed by atoms with Crippen molar-refractivity contribution in [3.63, 3.8) is 0 Å². The molecule has 2 aromatic rings. The Morgan fingerprint density at radius 1 is 0.604 bits per heavy atom. The maximum absolute atomic E-state index is 11.2. The van der Waals surface area contributed by atoms with Crippen molar-refractivity contribution in [3.05, 3.63) is 57.6 Å². The van der Waals surface area contributed by atoms with E-state index in [1.807, 2.05) is 26.3 Å². The average molecular weight is 1110 g/mol. The number of benzene rings is 2. The fraction of sp³-hybridized carbons (Fsp3) is 0.650. The van der Waals surface area contributed by atoms with Crippen molar-refractivity contribution >= 4 is 103 Å². The highest BCUT2D eigenvalue weighted by atomic mass is 127. The van der Waals surface area contributed by atoms with E-state index in [9.17, 15) is 10.2 Å². The quantitative estimate of drug-likeness (QED) is 0.0601. The third-order valence-corrected chi connectivity index (χ3v) is 13.6. The minimum Gasteiger partial charge on any atom is -0.507 e. The van der Waals surface area contributed by atoms with Crippen molar-refractivity contribution in [2.45, 2.75) is 141 Å². The zero-order chi connectivity index (χ0) is 35.2. The van der Waals surface area contributed by atoms with Crippen molar-refractivity contribution < 1.29 is 10.2 Å². The number of nitrogens with zero attached hydrogens (tertiary/aromatic N) is 2. The van der Waals surface area contributed by atoms with Crippen LogP contribution in [0.4, 0.5) is 0 Å². The first-order valence-corrected chi connectivity index (χ1v) is 24.1. The molecule has 8 heteroatoms. The molecule has 1 saturated carbocycles. The number of alkyl halides is 4. The lowest BCUT2D eigenvalue weighted by Crippen LogP contribution is -2.27. The van der Waals surface area contributed by atoms with Crippen LogP contribution in [-0.4, -0.2) is 52.4 Å². The third-order valence-electron chi connectivity index (χ3n) is 10.5. The monoisotopic (exact) mass is 1110 g/mol. The zero-order valence-electron chi connectivity index (χ0n) is 29.6. The Labute approximate surface area is 346 Å². The highest BCUT2D eigenvalue weighted by Gasteiger charge is 2.29. The second-order valence-electron chi connectivity index (χ2n) is 14.4. The Kier molecular flexibility index (Phi) is 19.3. The van der Waals surface area contributed by atoms with Gasteiger partial charge in [-0.3, -0.25) is 9.98 Å². The van der Waals surface area contributed by atoms with Crippen LogP contribution in [0.25, 0.3) is 0 Å². The van der Waals surface area contributed by atoms with Gasteiger partial charge in [0.1, 0.15) is 11.5 Å². The van der Waals surface area contributed by atoms with E-state index in [4.69, 9.17) is 9.98 Å². The van der Waals surface area contributed by atoms with Crippen LogP contribution < -0.4 is 0 Å². The number of aryl methyl sites for hydroxylation is 2. The van der Waals surface area contributed by atoms with E-state index in [-0.39, 0.29) is 22.9 Å². The maximum Gasteiger partial charge on any atom is 0.127 e. The lowest BCUT2D eigenvalue weighted by Gasteiger charge is -2.32. The van der Waals surface area contributed by atoms with Gasteiger partial charge < -0.3 is 10.2 Å². The Morgan fingerprint density at radius 2 is 0.958 bits per heavy atom. The van der Waals surface area contributed by atoms with Crippen molar-refractivity contribution in [1.29, 1.82) is 0 Å². The smallest absolute Gasteiger partial charge is 0.127 e. The molecule has 0 unspecified atom stereocenters. The summed E-state index contributed by atoms with van der Waals surface area (Å²) in [6.07, 6.45) is 20.0. The topological polar surface area (TPSA) is 65.2 Å². The molecule has 0 bridgehead atoms. The molecule has 0 aliphatic heterocycles. The van der Waals surface area contributed by atoms with Gasteiger partial charge in [0.25, 0.3) is 0 Å². The number of phenols is 2. The number of halogens is 4. The van der Waals surface area contributed by atoms with Crippen LogP contribution in [0.3, 0.4) is 0 Å². The van der Waals surface area contributed by atoms with E-state index in [1.54, 1.807) is 0 Å². The molecule has 48 heavy (non-hydrogen) atoms. The molecule has 3 rings (SSSR count). The lowest BCUT2D eigenvalue weighted by molar-refractivity contribution is 0.375. The second-order valence-corrected chi connectivity index (χ2v) is 18.8. The highest BCUT2D eigenvalue weighted by Crippen LogP contribution is 2.40. The number of hydrogen-bond acceptors (Lipinski definition) is 4. The summed E-state index contributed by atoms with van der Waals surface area (Å²) in [5.74, 6) is 0.673. The highest BCUT2D eigenvalue weighted by molar-refractivity contribution is 14.1. The van der Waals surface area contributed by atoms with Crippen LogP contribution >= 0.6 is 90.4 Å². The number of unbranched alkanes of at least 4 members (excludes halogenated alkanes) is 2. The third kappa shape index (κ3) is 12.5. The Morgan fingerprint density at radius 3 is 1.31 bits per heavy atom. The van der Waals surface area contributed by atoms with Gasteiger partial charge in [0.05, 0.1) is 12.1 Å². The predicted molar refractivity (Wildman–Crippen MR) is 243 cm³/mol. The number of aliphatic imine (C=N–C) groups is 2. The van der Waals surface area contributed by atoms with E-state index in [2.05, 4.69) is 128 Å². The van der Waals surface area contributed by atoms with Gasteiger partial charge in [0.2, 0.25) is 0 Å². The average Bonchev–Trinajstić information content (AvgIpc) is 3.08. The van der Waals surface area contributed by atoms with Crippen LogP contribution in [0.5, 0.6) is 11.5 Å². The Hall–Kier alpha value is 0.300. The van der Waals surface area contributed by atoms with E-state index < -0.39 is 0 Å². The van der Waals surface area contributed by atoms with Crippen molar-refractivity contribution in [3.8, 4) is 11.5 Å². The normalized spacial score (nSPS) is 17.6. The van der Waals surface area contributed by atoms with Crippen LogP contribution in [-0.2, 0) is 10.8 Å². The molecule has 0 spiro atoms. The predicted octanol–water partition coefficient (Wildman–Crippen LogP) is 12.7. The van der Waals surface area contributed by atoms with Gasteiger partial charge in [0.15, 0.2) is 0 Å². The van der Waals surface area contributed by atoms with Crippen molar-refractivity contribution in [1.82, 2.24) is 0 Å². The van der Waals surface area contributed by atoms with E-state index in [1.165, 1.54) is 71.3 Å². The molecule has 0 radical (unpaired) electrons. The number of aromatic hydroxyl groups is 2. The molecule has 0 heterocycles. The van der Waals surface area contributed by atoms with E-state index in [0.29, 0.717) is 11.5 Å². The fourth-order valence-electron chi connectivity index (χ4n) is 7.26. The molecule has 4 nitrogen and oxygen atoms in total. The van der Waals surface area contributed by atoms with Gasteiger partial charge in [-0.15, -0.1) is 0 Å². The molecular formula is C40H58I4N2O2. The molecule has 2 N–H and O–H groups in total. The molecule has 1 fully saturated rings. The minimum absolute atomic E-state index is 0.0565. The fourth-order valence-corrected chi connectivity index (χ4v) is 9.10. The van der Waals surface area contributed by atoms with Gasteiger partial charge in [-0.05, 0) is 141 Å². The van der Waals surface area contributed by atoms with Crippen molar-refractivity contribution in [2.24, 2.45) is 9.98 Å². The molecule has 2 aromatic carbocycles. The van der Waals surface area contributed by atoms with Gasteiger partial charge >= 0.3 is 0 Å². The maximum atomic E-state index is 11.2. The van der Waals surface area contributed by atoms with Gasteiger partial charge in [-0.1, -0.05) is 142 Å². The lowest BCUT2D eigenvalue weighted by atomic mass is 9.73. The Bertz CT molecular complexity index is 1330. The SMILES string of the molecule is Cc1cc(C(C)(CCCI)CCCI)cc(C=N[C@H]2CCCC[C@@H]2N=Cc2cc(C(C)(CCCCI)CCCCI)cc(C)c2O)c1O. The summed E-state index contributed by atoms with van der Waals surface area (Å²) >= 11 is 9.94. The molecule has 0 saturated heterocycles. The largest absolute Gasteiger partial charge is 0.507 e. The molecule has 268 valence electrons. The van der Waals surface area contributed by atoms with Crippen LogP contribution in [0, 0.1) is 13.8 Å². The summed E-state index contributed by atoms with van der Waals surface area (Å²) in [6.45, 7) is 8.86. The molecule has 0 amide bonds. The number of phenolic OH excluding ortho intramolecular Hbond substituents is 2. The summed E-state index contributed by atoms with van der Waals surface area (Å²) < 4.78 is 4.71. The minimum atomic E-state index is 0.0565. The first kappa shape index (κ1) is 42.7. The summed E-state index contributed by atoms with van der Waals surface area (Å²) in [5, 5.41) is 22.3. The summed E-state index contributed by atoms with van der Waals surface area (Å²) in [4.78, 5) is 10.2. The molecule has 0 aromatic heterocycles. The number of hydrogen-bond donors (Lipinski definition) is 2. The summed E-state index contributed by atoms with van der Waals surface area (Å²) in [6, 6.07) is 8.92. The summed E-state index contributed by atoms with van der Waals surface area (Å²) in [5.41, 5.74) is 6.31.